The first-order valence-corrected chi connectivity index (χ1v) is 7.13. The van der Waals surface area contributed by atoms with Crippen molar-refractivity contribution in [2.75, 3.05) is 0 Å². The van der Waals surface area contributed by atoms with Gasteiger partial charge in [-0.1, -0.05) is 42.5 Å². The van der Waals surface area contributed by atoms with E-state index in [9.17, 15) is 4.39 Å². The molecule has 2 aromatic carbocycles. The monoisotopic (exact) mass is 271 g/mol. The van der Waals surface area contributed by atoms with E-state index in [-0.39, 0.29) is 17.9 Å². The maximum Gasteiger partial charge on any atom is 0.126 e. The van der Waals surface area contributed by atoms with Crippen molar-refractivity contribution in [3.63, 3.8) is 0 Å². The van der Waals surface area contributed by atoms with Gasteiger partial charge in [0.15, 0.2) is 0 Å². The van der Waals surface area contributed by atoms with Gasteiger partial charge in [0, 0.05) is 12.1 Å². The Morgan fingerprint density at radius 1 is 1.00 bits per heavy atom. The van der Waals surface area contributed by atoms with Crippen molar-refractivity contribution >= 4 is 0 Å². The molecule has 0 fully saturated rings. The maximum atomic E-state index is 13.6. The molecule has 0 spiro atoms. The van der Waals surface area contributed by atoms with Gasteiger partial charge in [-0.2, -0.15) is 0 Å². The molecule has 106 valence electrons. The number of aryl methyl sites for hydroxylation is 1. The van der Waals surface area contributed by atoms with E-state index >= 15 is 0 Å². The lowest BCUT2D eigenvalue weighted by atomic mass is 10.0. The summed E-state index contributed by atoms with van der Waals surface area (Å²) in [6, 6.07) is 15.8. The summed E-state index contributed by atoms with van der Waals surface area (Å²) < 4.78 is 13.6. The number of hydrogen-bond donors (Lipinski definition) is 1. The first-order chi connectivity index (χ1) is 9.58. The number of halogens is 1. The minimum Gasteiger partial charge on any atom is -0.307 e. The molecule has 0 aromatic heterocycles. The van der Waals surface area contributed by atoms with Gasteiger partial charge in [-0.15, -0.1) is 0 Å². The van der Waals surface area contributed by atoms with Gasteiger partial charge in [0.25, 0.3) is 0 Å². The van der Waals surface area contributed by atoms with E-state index in [1.165, 1.54) is 17.2 Å². The number of hydrogen-bond acceptors (Lipinski definition) is 1. The Balaban J connectivity index is 2.00. The summed E-state index contributed by atoms with van der Waals surface area (Å²) in [4.78, 5) is 0. The van der Waals surface area contributed by atoms with Crippen LogP contribution in [0.1, 0.15) is 36.6 Å². The highest BCUT2D eigenvalue weighted by Crippen LogP contribution is 2.18. The van der Waals surface area contributed by atoms with Crippen molar-refractivity contribution in [1.29, 1.82) is 0 Å². The molecule has 1 N–H and O–H groups in total. The zero-order valence-corrected chi connectivity index (χ0v) is 12.4. The van der Waals surface area contributed by atoms with Gasteiger partial charge in [0.2, 0.25) is 0 Å². The van der Waals surface area contributed by atoms with Crippen molar-refractivity contribution in [3.8, 4) is 0 Å². The van der Waals surface area contributed by atoms with Crippen molar-refractivity contribution in [3.05, 3.63) is 71.0 Å². The van der Waals surface area contributed by atoms with E-state index in [2.05, 4.69) is 44.3 Å². The van der Waals surface area contributed by atoms with Crippen LogP contribution in [0.25, 0.3) is 0 Å². The van der Waals surface area contributed by atoms with Crippen LogP contribution in [0.2, 0.25) is 0 Å². The van der Waals surface area contributed by atoms with E-state index in [4.69, 9.17) is 0 Å². The molecule has 1 unspecified atom stereocenters. The average molecular weight is 271 g/mol. The van der Waals surface area contributed by atoms with Crippen LogP contribution in [0.15, 0.2) is 48.5 Å². The predicted molar refractivity (Wildman–Crippen MR) is 82.3 cm³/mol. The van der Waals surface area contributed by atoms with Gasteiger partial charge in [0.05, 0.1) is 0 Å². The molecule has 2 atom stereocenters. The molecule has 0 amide bonds. The topological polar surface area (TPSA) is 12.0 Å². The molecule has 1 nitrogen and oxygen atoms in total. The Labute approximate surface area is 120 Å². The largest absolute Gasteiger partial charge is 0.307 e. The zero-order chi connectivity index (χ0) is 14.5. The Morgan fingerprint density at radius 2 is 1.65 bits per heavy atom. The molecule has 2 heteroatoms. The maximum absolute atomic E-state index is 13.6. The third-order valence-corrected chi connectivity index (χ3v) is 3.67. The first-order valence-electron chi connectivity index (χ1n) is 7.13. The Hall–Kier alpha value is -1.67. The Bertz CT molecular complexity index is 565. The summed E-state index contributed by atoms with van der Waals surface area (Å²) in [5.74, 6) is -0.121. The van der Waals surface area contributed by atoms with Gasteiger partial charge in [-0.25, -0.2) is 4.39 Å². The molecule has 0 radical (unpaired) electrons. The van der Waals surface area contributed by atoms with Crippen LogP contribution in [0.5, 0.6) is 0 Å². The molecule has 20 heavy (non-hydrogen) atoms. The fraction of sp³-hybridized carbons (Fsp3) is 0.333. The lowest BCUT2D eigenvalue weighted by Crippen LogP contribution is -2.31. The second kappa shape index (κ2) is 6.67. The summed E-state index contributed by atoms with van der Waals surface area (Å²) in [6.45, 7) is 6.37. The Kier molecular flexibility index (Phi) is 4.91. The van der Waals surface area contributed by atoms with E-state index < -0.39 is 0 Å². The van der Waals surface area contributed by atoms with Crippen LogP contribution in [0.3, 0.4) is 0 Å². The normalized spacial score (nSPS) is 14.0. The average Bonchev–Trinajstić information content (AvgIpc) is 2.41. The molecule has 0 saturated carbocycles. The van der Waals surface area contributed by atoms with Gasteiger partial charge >= 0.3 is 0 Å². The van der Waals surface area contributed by atoms with Crippen LogP contribution in [-0.4, -0.2) is 6.04 Å². The van der Waals surface area contributed by atoms with Crippen molar-refractivity contribution < 1.29 is 4.39 Å². The molecule has 2 rings (SSSR count). The summed E-state index contributed by atoms with van der Waals surface area (Å²) >= 11 is 0. The highest BCUT2D eigenvalue weighted by Gasteiger charge is 2.12. The summed E-state index contributed by atoms with van der Waals surface area (Å²) in [6.07, 6.45) is 0.697. The third kappa shape index (κ3) is 3.67. The van der Waals surface area contributed by atoms with Crippen LogP contribution in [0, 0.1) is 12.7 Å². The number of nitrogens with one attached hydrogen (secondary N) is 1. The smallest absolute Gasteiger partial charge is 0.126 e. The minimum absolute atomic E-state index is 0.121. The molecule has 0 bridgehead atoms. The molecule has 0 saturated heterocycles. The second-order valence-corrected chi connectivity index (χ2v) is 5.44. The highest BCUT2D eigenvalue weighted by molar-refractivity contribution is 5.28. The molecule has 0 aliphatic rings. The van der Waals surface area contributed by atoms with Crippen molar-refractivity contribution in [2.24, 2.45) is 0 Å². The van der Waals surface area contributed by atoms with Crippen LogP contribution in [-0.2, 0) is 6.42 Å². The zero-order valence-electron chi connectivity index (χ0n) is 12.4. The van der Waals surface area contributed by atoms with Crippen LogP contribution < -0.4 is 5.32 Å². The first kappa shape index (κ1) is 14.7. The minimum atomic E-state index is -0.121. The third-order valence-electron chi connectivity index (χ3n) is 3.67. The summed E-state index contributed by atoms with van der Waals surface area (Å²) in [5, 5.41) is 3.55. The molecule has 0 heterocycles. The van der Waals surface area contributed by atoms with E-state index in [1.54, 1.807) is 6.07 Å². The molecular formula is C18H22FN. The van der Waals surface area contributed by atoms with Gasteiger partial charge in [-0.3, -0.25) is 0 Å². The van der Waals surface area contributed by atoms with Gasteiger partial charge in [-0.05, 0) is 49.9 Å². The summed E-state index contributed by atoms with van der Waals surface area (Å²) in [7, 11) is 0. The van der Waals surface area contributed by atoms with Crippen molar-refractivity contribution in [1.82, 2.24) is 5.32 Å². The van der Waals surface area contributed by atoms with E-state index in [0.717, 1.165) is 5.56 Å². The fourth-order valence-electron chi connectivity index (χ4n) is 2.64. The lowest BCUT2D eigenvalue weighted by Gasteiger charge is -2.22. The Morgan fingerprint density at radius 3 is 2.35 bits per heavy atom. The standard InChI is InChI=1S/C18H22FN/c1-13-8-4-6-10-17(13)15(3)20-14(2)12-16-9-5-7-11-18(16)19/h4-11,14-15,20H,12H2,1-3H3/t14?,15-/m0/s1. The SMILES string of the molecule is Cc1ccccc1[C@H](C)NC(C)Cc1ccccc1F. The van der Waals surface area contributed by atoms with Crippen molar-refractivity contribution in [2.45, 2.75) is 39.3 Å². The van der Waals surface area contributed by atoms with E-state index in [1.807, 2.05) is 18.2 Å². The molecular weight excluding hydrogens is 249 g/mol. The predicted octanol–water partition coefficient (Wildman–Crippen LogP) is 4.42. The fourth-order valence-corrected chi connectivity index (χ4v) is 2.64. The van der Waals surface area contributed by atoms with E-state index in [0.29, 0.717) is 6.42 Å². The summed E-state index contributed by atoms with van der Waals surface area (Å²) in [5.41, 5.74) is 3.35. The molecule has 0 aliphatic heterocycles. The quantitative estimate of drug-likeness (QED) is 0.849. The van der Waals surface area contributed by atoms with Crippen LogP contribution >= 0.6 is 0 Å². The lowest BCUT2D eigenvalue weighted by molar-refractivity contribution is 0.468. The highest BCUT2D eigenvalue weighted by atomic mass is 19.1. The van der Waals surface area contributed by atoms with Gasteiger partial charge in [0.1, 0.15) is 5.82 Å². The molecule has 2 aromatic rings. The van der Waals surface area contributed by atoms with Gasteiger partial charge < -0.3 is 5.32 Å². The molecule has 0 aliphatic carbocycles. The second-order valence-electron chi connectivity index (χ2n) is 5.44. The number of benzene rings is 2. The number of rotatable bonds is 5. The van der Waals surface area contributed by atoms with Crippen LogP contribution in [0.4, 0.5) is 4.39 Å².